The summed E-state index contributed by atoms with van der Waals surface area (Å²) in [6.07, 6.45) is 4.75. The molecule has 218 valence electrons. The van der Waals surface area contributed by atoms with Crippen molar-refractivity contribution in [2.24, 2.45) is 0 Å². The Hall–Kier alpha value is -3.35. The molecule has 0 fully saturated rings. The number of hydrogen-bond acceptors (Lipinski definition) is 2. The molecule has 5 rings (SSSR count). The summed E-state index contributed by atoms with van der Waals surface area (Å²) in [4.78, 5) is 5.27. The Morgan fingerprint density at radius 2 is 0.738 bits per heavy atom. The molecule has 0 saturated carbocycles. The molecule has 0 radical (unpaired) electrons. The summed E-state index contributed by atoms with van der Waals surface area (Å²) in [5.74, 6) is 1.73. The first-order valence-corrected chi connectivity index (χ1v) is 17.0. The Labute approximate surface area is 255 Å². The molecule has 0 bridgehead atoms. The zero-order chi connectivity index (χ0) is 30.0. The Morgan fingerprint density at radius 3 is 1.02 bits per heavy atom. The first kappa shape index (κ1) is 30.1. The molecule has 0 aromatic heterocycles. The molecule has 1 aliphatic heterocycles. The number of anilines is 2. The lowest BCUT2D eigenvalue weighted by molar-refractivity contribution is 0.787. The minimum Gasteiger partial charge on any atom is -0.320 e. The molecule has 0 saturated heterocycles. The third-order valence-electron chi connectivity index (χ3n) is 8.39. The fourth-order valence-electron chi connectivity index (χ4n) is 6.27. The van der Waals surface area contributed by atoms with Crippen LogP contribution < -0.4 is 20.4 Å². The summed E-state index contributed by atoms with van der Waals surface area (Å²) < 4.78 is 0. The van der Waals surface area contributed by atoms with Crippen LogP contribution in [0.3, 0.4) is 0 Å². The van der Waals surface area contributed by atoms with Crippen molar-refractivity contribution in [3.63, 3.8) is 0 Å². The molecule has 2 nitrogen and oxygen atoms in total. The van der Waals surface area contributed by atoms with Crippen molar-refractivity contribution < 1.29 is 0 Å². The second-order valence-electron chi connectivity index (χ2n) is 12.7. The van der Waals surface area contributed by atoms with Gasteiger partial charge in [0, 0.05) is 31.7 Å². The molecule has 4 aromatic rings. The van der Waals surface area contributed by atoms with Crippen LogP contribution >= 0.6 is 7.92 Å². The van der Waals surface area contributed by atoms with Gasteiger partial charge in [-0.3, -0.25) is 0 Å². The second-order valence-corrected chi connectivity index (χ2v) is 14.9. The highest BCUT2D eigenvalue weighted by atomic mass is 31.1. The zero-order valence-electron chi connectivity index (χ0n) is 26.6. The summed E-state index contributed by atoms with van der Waals surface area (Å²) in [5.41, 5.74) is 8.40. The molecule has 1 aliphatic rings. The summed E-state index contributed by atoms with van der Waals surface area (Å²) in [6, 6.07) is 36.3. The molecule has 0 atom stereocenters. The number of hydrogen-bond donors (Lipinski definition) is 0. The van der Waals surface area contributed by atoms with E-state index in [1.165, 1.54) is 44.2 Å². The van der Waals surface area contributed by atoms with Crippen molar-refractivity contribution in [2.45, 2.75) is 85.0 Å². The second kappa shape index (κ2) is 12.9. The van der Waals surface area contributed by atoms with Gasteiger partial charge in [0.25, 0.3) is 0 Å². The molecule has 0 unspecified atom stereocenters. The number of para-hydroxylation sites is 2. The third-order valence-corrected chi connectivity index (χ3v) is 11.1. The van der Waals surface area contributed by atoms with Gasteiger partial charge in [-0.25, -0.2) is 0 Å². The van der Waals surface area contributed by atoms with E-state index in [0.717, 1.165) is 0 Å². The SMILES string of the molecule is CC(C)c1cccc(C(C)C)c1N1C=CN(c2c(C(C)C)cccc2C(C)C)C1P(c1ccccc1)c1ccccc1. The van der Waals surface area contributed by atoms with Gasteiger partial charge in [0.15, 0.2) is 0 Å². The van der Waals surface area contributed by atoms with Crippen LogP contribution in [0.4, 0.5) is 11.4 Å². The molecule has 0 amide bonds. The molecule has 42 heavy (non-hydrogen) atoms. The molecule has 4 aromatic carbocycles. The fraction of sp³-hybridized carbons (Fsp3) is 0.333. The van der Waals surface area contributed by atoms with E-state index in [1.807, 2.05) is 0 Å². The Bertz CT molecular complexity index is 1340. The van der Waals surface area contributed by atoms with Crippen LogP contribution in [0.15, 0.2) is 109 Å². The largest absolute Gasteiger partial charge is 0.320 e. The smallest absolute Gasteiger partial charge is 0.137 e. The van der Waals surface area contributed by atoms with Gasteiger partial charge in [0.1, 0.15) is 5.91 Å². The van der Waals surface area contributed by atoms with Crippen molar-refractivity contribution in [1.82, 2.24) is 0 Å². The van der Waals surface area contributed by atoms with Crippen LogP contribution in [0.2, 0.25) is 0 Å². The van der Waals surface area contributed by atoms with Crippen LogP contribution in [0, 0.1) is 0 Å². The van der Waals surface area contributed by atoms with Gasteiger partial charge < -0.3 is 9.80 Å². The van der Waals surface area contributed by atoms with Gasteiger partial charge in [-0.1, -0.05) is 152 Å². The van der Waals surface area contributed by atoms with E-state index in [2.05, 4.69) is 175 Å². The normalized spacial score (nSPS) is 14.0. The van der Waals surface area contributed by atoms with Crippen LogP contribution in [0.25, 0.3) is 0 Å². The van der Waals surface area contributed by atoms with Gasteiger partial charge in [0.05, 0.1) is 0 Å². The quantitative estimate of drug-likeness (QED) is 0.184. The van der Waals surface area contributed by atoms with Crippen molar-refractivity contribution in [1.29, 1.82) is 0 Å². The van der Waals surface area contributed by atoms with Crippen LogP contribution in [-0.2, 0) is 0 Å². The standard InChI is InChI=1S/C39H47N2P/c1-27(2)33-21-15-22-34(28(3)4)37(33)40-25-26-41(38-35(29(5)6)23-16-24-36(38)30(7)8)39(40)42(31-17-11-9-12-18-31)32-19-13-10-14-20-32/h9-30,39H,1-8H3. The summed E-state index contributed by atoms with van der Waals surface area (Å²) in [6.45, 7) is 18.6. The molecule has 1 heterocycles. The average molecular weight is 575 g/mol. The first-order chi connectivity index (χ1) is 20.2. The maximum Gasteiger partial charge on any atom is 0.137 e. The average Bonchev–Trinajstić information content (AvgIpc) is 3.41. The number of nitrogens with zero attached hydrogens (tertiary/aromatic N) is 2. The van der Waals surface area contributed by atoms with E-state index in [9.17, 15) is 0 Å². The maximum absolute atomic E-state index is 2.64. The summed E-state index contributed by atoms with van der Waals surface area (Å²) >= 11 is 0. The van der Waals surface area contributed by atoms with Gasteiger partial charge in [-0.15, -0.1) is 0 Å². The van der Waals surface area contributed by atoms with Gasteiger partial charge >= 0.3 is 0 Å². The van der Waals surface area contributed by atoms with Crippen LogP contribution in [0.5, 0.6) is 0 Å². The molecular weight excluding hydrogens is 527 g/mol. The predicted molar refractivity (Wildman–Crippen MR) is 186 cm³/mol. The lowest BCUT2D eigenvalue weighted by atomic mass is 9.91. The van der Waals surface area contributed by atoms with Crippen LogP contribution in [0.1, 0.15) is 101 Å². The molecular formula is C39H47N2P. The van der Waals surface area contributed by atoms with Gasteiger partial charge in [-0.2, -0.15) is 0 Å². The predicted octanol–water partition coefficient (Wildman–Crippen LogP) is 10.4. The van der Waals surface area contributed by atoms with E-state index < -0.39 is 7.92 Å². The van der Waals surface area contributed by atoms with E-state index >= 15 is 0 Å². The Morgan fingerprint density at radius 1 is 0.429 bits per heavy atom. The lowest BCUT2D eigenvalue weighted by Gasteiger charge is -2.42. The zero-order valence-corrected chi connectivity index (χ0v) is 27.5. The first-order valence-electron chi connectivity index (χ1n) is 15.6. The Balaban J connectivity index is 1.84. The van der Waals surface area contributed by atoms with Crippen molar-refractivity contribution >= 4 is 29.9 Å². The van der Waals surface area contributed by atoms with Crippen molar-refractivity contribution in [3.8, 4) is 0 Å². The van der Waals surface area contributed by atoms with E-state index in [4.69, 9.17) is 0 Å². The van der Waals surface area contributed by atoms with E-state index in [0.29, 0.717) is 23.7 Å². The summed E-state index contributed by atoms with van der Waals surface area (Å²) in [7, 11) is -0.815. The highest BCUT2D eigenvalue weighted by Crippen LogP contribution is 2.52. The minimum atomic E-state index is -0.815. The van der Waals surface area contributed by atoms with E-state index in [1.54, 1.807) is 0 Å². The van der Waals surface area contributed by atoms with Crippen LogP contribution in [-0.4, -0.2) is 5.91 Å². The third kappa shape index (κ3) is 5.80. The summed E-state index contributed by atoms with van der Waals surface area (Å²) in [5, 5.41) is 2.78. The molecule has 0 N–H and O–H groups in total. The maximum atomic E-state index is 2.64. The Kier molecular flexibility index (Phi) is 9.24. The lowest BCUT2D eigenvalue weighted by Crippen LogP contribution is -2.43. The van der Waals surface area contributed by atoms with Gasteiger partial charge in [-0.05, 0) is 56.5 Å². The van der Waals surface area contributed by atoms with Gasteiger partial charge in [0.2, 0.25) is 0 Å². The molecule has 0 aliphatic carbocycles. The molecule has 3 heteroatoms. The van der Waals surface area contributed by atoms with Crippen molar-refractivity contribution in [2.75, 3.05) is 9.80 Å². The number of benzene rings is 4. The fourth-order valence-corrected chi connectivity index (χ4v) is 8.97. The van der Waals surface area contributed by atoms with Crippen molar-refractivity contribution in [3.05, 3.63) is 132 Å². The van der Waals surface area contributed by atoms with E-state index in [-0.39, 0.29) is 5.91 Å². The minimum absolute atomic E-state index is 0.0830. The highest BCUT2D eigenvalue weighted by Gasteiger charge is 2.40. The molecule has 0 spiro atoms. The number of rotatable bonds is 9. The monoisotopic (exact) mass is 574 g/mol. The topological polar surface area (TPSA) is 6.48 Å². The highest BCUT2D eigenvalue weighted by molar-refractivity contribution is 7.73.